The molecule has 0 bridgehead atoms. The second-order valence-corrected chi connectivity index (χ2v) is 7.25. The Morgan fingerprint density at radius 2 is 1.70 bits per heavy atom. The van der Waals surface area contributed by atoms with Gasteiger partial charge in [0.25, 0.3) is 11.8 Å². The Bertz CT molecular complexity index is 890. The SMILES string of the molecule is Cc1cccc(C(=O)NCCC(=O)NCc2ccc(C(=O)N3CCOCC3)cc2)c1. The Balaban J connectivity index is 1.39. The number of morpholine rings is 1. The summed E-state index contributed by atoms with van der Waals surface area (Å²) in [6.45, 7) is 4.92. The Labute approximate surface area is 176 Å². The molecule has 158 valence electrons. The molecule has 7 heteroatoms. The number of carbonyl (C=O) groups excluding carboxylic acids is 3. The second kappa shape index (κ2) is 10.5. The number of ether oxygens (including phenoxy) is 1. The van der Waals surface area contributed by atoms with E-state index in [0.29, 0.717) is 44.0 Å². The van der Waals surface area contributed by atoms with Crippen molar-refractivity contribution in [1.82, 2.24) is 15.5 Å². The quantitative estimate of drug-likeness (QED) is 0.731. The van der Waals surface area contributed by atoms with Crippen LogP contribution in [0.1, 0.15) is 38.3 Å². The average Bonchev–Trinajstić information content (AvgIpc) is 2.78. The zero-order valence-corrected chi connectivity index (χ0v) is 17.1. The molecule has 1 heterocycles. The van der Waals surface area contributed by atoms with Crippen LogP contribution in [0, 0.1) is 6.92 Å². The third-order valence-corrected chi connectivity index (χ3v) is 4.91. The van der Waals surface area contributed by atoms with E-state index < -0.39 is 0 Å². The number of hydrogen-bond donors (Lipinski definition) is 2. The number of amides is 3. The van der Waals surface area contributed by atoms with Crippen molar-refractivity contribution in [3.8, 4) is 0 Å². The minimum atomic E-state index is -0.188. The van der Waals surface area contributed by atoms with Gasteiger partial charge >= 0.3 is 0 Å². The second-order valence-electron chi connectivity index (χ2n) is 7.25. The fourth-order valence-electron chi connectivity index (χ4n) is 3.18. The van der Waals surface area contributed by atoms with Gasteiger partial charge in [0.05, 0.1) is 13.2 Å². The first kappa shape index (κ1) is 21.5. The molecule has 1 saturated heterocycles. The molecule has 30 heavy (non-hydrogen) atoms. The van der Waals surface area contributed by atoms with Crippen molar-refractivity contribution < 1.29 is 19.1 Å². The van der Waals surface area contributed by atoms with Crippen LogP contribution in [0.5, 0.6) is 0 Å². The van der Waals surface area contributed by atoms with E-state index in [-0.39, 0.29) is 30.7 Å². The van der Waals surface area contributed by atoms with E-state index in [0.717, 1.165) is 11.1 Å². The molecular formula is C23H27N3O4. The maximum atomic E-state index is 12.4. The summed E-state index contributed by atoms with van der Waals surface area (Å²) < 4.78 is 5.27. The van der Waals surface area contributed by atoms with Gasteiger partial charge in [0, 0.05) is 43.7 Å². The fraction of sp³-hybridized carbons (Fsp3) is 0.348. The standard InChI is InChI=1S/C23H27N3O4/c1-17-3-2-4-20(15-17)22(28)24-10-9-21(27)25-16-18-5-7-19(8-6-18)23(29)26-11-13-30-14-12-26/h2-8,15H,9-14,16H2,1H3,(H,24,28)(H,25,27). The minimum Gasteiger partial charge on any atom is -0.378 e. The third kappa shape index (κ3) is 6.15. The molecule has 0 aromatic heterocycles. The van der Waals surface area contributed by atoms with Gasteiger partial charge in [-0.25, -0.2) is 0 Å². The maximum Gasteiger partial charge on any atom is 0.254 e. The van der Waals surface area contributed by atoms with E-state index in [9.17, 15) is 14.4 Å². The lowest BCUT2D eigenvalue weighted by Crippen LogP contribution is -2.40. The third-order valence-electron chi connectivity index (χ3n) is 4.91. The highest BCUT2D eigenvalue weighted by Crippen LogP contribution is 2.10. The van der Waals surface area contributed by atoms with Crippen LogP contribution in [0.4, 0.5) is 0 Å². The normalized spacial score (nSPS) is 13.6. The van der Waals surface area contributed by atoms with Crippen LogP contribution < -0.4 is 10.6 Å². The Hall–Kier alpha value is -3.19. The van der Waals surface area contributed by atoms with Crippen LogP contribution in [0.15, 0.2) is 48.5 Å². The van der Waals surface area contributed by atoms with Crippen LogP contribution >= 0.6 is 0 Å². The topological polar surface area (TPSA) is 87.7 Å². The van der Waals surface area contributed by atoms with E-state index >= 15 is 0 Å². The molecule has 1 fully saturated rings. The Morgan fingerprint density at radius 3 is 2.40 bits per heavy atom. The Morgan fingerprint density at radius 1 is 0.967 bits per heavy atom. The molecular weight excluding hydrogens is 382 g/mol. The number of nitrogens with zero attached hydrogens (tertiary/aromatic N) is 1. The van der Waals surface area contributed by atoms with Gasteiger partial charge in [0.2, 0.25) is 5.91 Å². The summed E-state index contributed by atoms with van der Waals surface area (Å²) in [5.74, 6) is -0.335. The lowest BCUT2D eigenvalue weighted by Gasteiger charge is -2.26. The first-order valence-corrected chi connectivity index (χ1v) is 10.1. The van der Waals surface area contributed by atoms with Gasteiger partial charge in [-0.2, -0.15) is 0 Å². The number of nitrogens with one attached hydrogen (secondary N) is 2. The lowest BCUT2D eigenvalue weighted by atomic mass is 10.1. The molecule has 3 amide bonds. The molecule has 1 aliphatic heterocycles. The first-order valence-electron chi connectivity index (χ1n) is 10.1. The zero-order valence-electron chi connectivity index (χ0n) is 17.1. The van der Waals surface area contributed by atoms with Crippen LogP contribution in [-0.2, 0) is 16.1 Å². The predicted octanol–water partition coefficient (Wildman–Crippen LogP) is 1.90. The highest BCUT2D eigenvalue weighted by molar-refractivity contribution is 5.95. The van der Waals surface area contributed by atoms with Crippen molar-refractivity contribution in [3.05, 3.63) is 70.8 Å². The summed E-state index contributed by atoms with van der Waals surface area (Å²) in [5.41, 5.74) is 3.14. The van der Waals surface area contributed by atoms with Crippen molar-refractivity contribution in [2.75, 3.05) is 32.8 Å². The number of benzene rings is 2. The summed E-state index contributed by atoms with van der Waals surface area (Å²) in [4.78, 5) is 38.3. The van der Waals surface area contributed by atoms with Gasteiger partial charge in [-0.15, -0.1) is 0 Å². The summed E-state index contributed by atoms with van der Waals surface area (Å²) >= 11 is 0. The van der Waals surface area contributed by atoms with Crippen LogP contribution in [0.25, 0.3) is 0 Å². The van der Waals surface area contributed by atoms with Gasteiger partial charge < -0.3 is 20.3 Å². The lowest BCUT2D eigenvalue weighted by molar-refractivity contribution is -0.121. The van der Waals surface area contributed by atoms with E-state index in [1.54, 1.807) is 23.1 Å². The molecule has 2 N–H and O–H groups in total. The number of rotatable bonds is 7. The molecule has 0 spiro atoms. The van der Waals surface area contributed by atoms with Gasteiger partial charge in [-0.05, 0) is 36.8 Å². The molecule has 0 saturated carbocycles. The summed E-state index contributed by atoms with van der Waals surface area (Å²) in [6.07, 6.45) is 0.200. The van der Waals surface area contributed by atoms with E-state index in [4.69, 9.17) is 4.74 Å². The molecule has 0 aliphatic carbocycles. The highest BCUT2D eigenvalue weighted by Gasteiger charge is 2.18. The molecule has 1 aliphatic rings. The van der Waals surface area contributed by atoms with Crippen molar-refractivity contribution in [3.63, 3.8) is 0 Å². The summed E-state index contributed by atoms with van der Waals surface area (Å²) in [7, 11) is 0. The number of aryl methyl sites for hydroxylation is 1. The van der Waals surface area contributed by atoms with Gasteiger partial charge in [0.1, 0.15) is 0 Å². The minimum absolute atomic E-state index is 0.00163. The number of hydrogen-bond acceptors (Lipinski definition) is 4. The average molecular weight is 409 g/mol. The van der Waals surface area contributed by atoms with Gasteiger partial charge in [-0.1, -0.05) is 29.8 Å². The van der Waals surface area contributed by atoms with Crippen molar-refractivity contribution in [2.24, 2.45) is 0 Å². The first-order chi connectivity index (χ1) is 14.5. The molecule has 0 atom stereocenters. The van der Waals surface area contributed by atoms with E-state index in [1.807, 2.05) is 37.3 Å². The monoisotopic (exact) mass is 409 g/mol. The predicted molar refractivity (Wildman–Crippen MR) is 113 cm³/mol. The van der Waals surface area contributed by atoms with Crippen molar-refractivity contribution >= 4 is 17.7 Å². The van der Waals surface area contributed by atoms with Crippen molar-refractivity contribution in [2.45, 2.75) is 19.9 Å². The van der Waals surface area contributed by atoms with Crippen LogP contribution in [0.3, 0.4) is 0 Å². The largest absolute Gasteiger partial charge is 0.378 e. The molecule has 7 nitrogen and oxygen atoms in total. The van der Waals surface area contributed by atoms with Crippen molar-refractivity contribution in [1.29, 1.82) is 0 Å². The molecule has 0 radical (unpaired) electrons. The number of carbonyl (C=O) groups is 3. The highest BCUT2D eigenvalue weighted by atomic mass is 16.5. The molecule has 2 aromatic carbocycles. The fourth-order valence-corrected chi connectivity index (χ4v) is 3.18. The Kier molecular flexibility index (Phi) is 7.57. The van der Waals surface area contributed by atoms with E-state index in [1.165, 1.54) is 0 Å². The smallest absolute Gasteiger partial charge is 0.254 e. The van der Waals surface area contributed by atoms with Crippen LogP contribution in [-0.4, -0.2) is 55.5 Å². The van der Waals surface area contributed by atoms with E-state index in [2.05, 4.69) is 10.6 Å². The summed E-state index contributed by atoms with van der Waals surface area (Å²) in [6, 6.07) is 14.6. The zero-order chi connectivity index (χ0) is 21.3. The van der Waals surface area contributed by atoms with Gasteiger partial charge in [0.15, 0.2) is 0 Å². The maximum absolute atomic E-state index is 12.4. The molecule has 2 aromatic rings. The summed E-state index contributed by atoms with van der Waals surface area (Å²) in [5, 5.41) is 5.59. The molecule has 0 unspecified atom stereocenters. The van der Waals surface area contributed by atoms with Crippen LogP contribution in [0.2, 0.25) is 0 Å². The molecule has 3 rings (SSSR count). The van der Waals surface area contributed by atoms with Gasteiger partial charge in [-0.3, -0.25) is 14.4 Å².